The molecule has 0 spiro atoms. The minimum atomic E-state index is -0.592. The van der Waals surface area contributed by atoms with Crippen LogP contribution in [-0.4, -0.2) is 170 Å². The first-order valence-corrected chi connectivity index (χ1v) is 35.9. The van der Waals surface area contributed by atoms with Crippen molar-refractivity contribution < 1.29 is 57.0 Å². The lowest BCUT2D eigenvalue weighted by Crippen LogP contribution is -2.58. The molecule has 4 amide bonds. The molecule has 0 saturated carbocycles. The molecule has 0 radical (unpaired) electrons. The van der Waals surface area contributed by atoms with Gasteiger partial charge in [0.15, 0.2) is 12.2 Å². The highest BCUT2D eigenvalue weighted by molar-refractivity contribution is 9.10. The van der Waals surface area contributed by atoms with Gasteiger partial charge in [-0.25, -0.2) is 9.59 Å². The zero-order valence-corrected chi connectivity index (χ0v) is 62.3. The fourth-order valence-electron chi connectivity index (χ4n) is 13.2. The van der Waals surface area contributed by atoms with E-state index in [4.69, 9.17) is 56.2 Å². The number of amides is 4. The maximum absolute atomic E-state index is 13.9. The molecular formula is C76H94BBrCl2N6O12. The first-order valence-electron chi connectivity index (χ1n) is 34.4. The van der Waals surface area contributed by atoms with Gasteiger partial charge in [0.05, 0.1) is 38.0 Å². The van der Waals surface area contributed by atoms with E-state index in [1.165, 1.54) is 0 Å². The van der Waals surface area contributed by atoms with Gasteiger partial charge < -0.3 is 52.6 Å². The molecule has 0 aromatic heterocycles. The van der Waals surface area contributed by atoms with Gasteiger partial charge in [-0.05, 0) is 239 Å². The SMILES string of the molecule is CC(C)(C)C(=O)Oc1cc(B2OC(C)(C)C(C)(C)O2)c2ccccc2c1.CC(C)(C)OC(=O)N1CC(CN2C(=O)C(CN3CCCC3)Oc3cc(Br)c(Cl)cc32)C1.Cc1cc(-c2cc3c(cc2Cl)N(CC2CN(C(=O)OC(C)(C)C)C2)C(=O)C(CN2CCCC2)O3)c2ccccc2c1. The van der Waals surface area contributed by atoms with Crippen LogP contribution < -0.4 is 29.5 Å². The normalized spacial score (nSPS) is 20.3. The minimum absolute atomic E-state index is 0.0477. The number of hydrogen-bond acceptors (Lipinski definition) is 14. The van der Waals surface area contributed by atoms with Crippen molar-refractivity contribution in [2.24, 2.45) is 17.3 Å². The Balaban J connectivity index is 0.000000153. The number of halogens is 3. The van der Waals surface area contributed by atoms with Crippen LogP contribution in [-0.2, 0) is 33.2 Å². The molecule has 0 bridgehead atoms. The van der Waals surface area contributed by atoms with Crippen LogP contribution in [0.4, 0.5) is 21.0 Å². The number of rotatable bonds is 11. The summed E-state index contributed by atoms with van der Waals surface area (Å²) in [7, 11) is -0.516. The van der Waals surface area contributed by atoms with Crippen molar-refractivity contribution in [2.75, 3.05) is 88.3 Å². The average molecular weight is 1450 g/mol. The minimum Gasteiger partial charge on any atom is -0.477 e. The molecule has 5 fully saturated rings. The summed E-state index contributed by atoms with van der Waals surface area (Å²) in [4.78, 5) is 75.9. The Labute approximate surface area is 596 Å². The maximum atomic E-state index is 13.9. The number of fused-ring (bicyclic) bond motifs is 4. The lowest BCUT2D eigenvalue weighted by molar-refractivity contribution is -0.143. The molecule has 6 aromatic carbocycles. The molecule has 2 atom stereocenters. The van der Waals surface area contributed by atoms with Crippen LogP contribution in [0.25, 0.3) is 32.7 Å². The first kappa shape index (κ1) is 72.6. The van der Waals surface area contributed by atoms with E-state index in [0.29, 0.717) is 91.0 Å². The summed E-state index contributed by atoms with van der Waals surface area (Å²) in [6.07, 6.45) is 2.85. The zero-order chi connectivity index (χ0) is 70.6. The average Bonchev–Trinajstić information content (AvgIpc) is 1.05. The molecule has 98 heavy (non-hydrogen) atoms. The van der Waals surface area contributed by atoms with Crippen LogP contribution in [0.15, 0.2) is 102 Å². The number of ether oxygens (including phenoxy) is 5. The summed E-state index contributed by atoms with van der Waals surface area (Å²) in [6, 6.07) is 31.8. The van der Waals surface area contributed by atoms with E-state index in [-0.39, 0.29) is 41.8 Å². The molecule has 18 nitrogen and oxygen atoms in total. The summed E-state index contributed by atoms with van der Waals surface area (Å²) >= 11 is 16.8. The smallest absolute Gasteiger partial charge is 0.477 e. The molecule has 524 valence electrons. The molecule has 13 rings (SSSR count). The molecule has 22 heteroatoms. The highest BCUT2D eigenvalue weighted by Crippen LogP contribution is 2.46. The van der Waals surface area contributed by atoms with Crippen LogP contribution in [0.1, 0.15) is 121 Å². The molecule has 7 heterocycles. The highest BCUT2D eigenvalue weighted by atomic mass is 79.9. The van der Waals surface area contributed by atoms with Gasteiger partial charge in [-0.3, -0.25) is 24.2 Å². The lowest BCUT2D eigenvalue weighted by Gasteiger charge is -2.44. The van der Waals surface area contributed by atoms with Gasteiger partial charge in [0.1, 0.15) is 28.5 Å². The number of nitrogens with zero attached hydrogens (tertiary/aromatic N) is 6. The molecular weight excluding hydrogens is 1350 g/mol. The fraction of sp³-hybridized carbons (Fsp3) is 0.513. The van der Waals surface area contributed by atoms with Crippen molar-refractivity contribution in [1.29, 1.82) is 0 Å². The van der Waals surface area contributed by atoms with E-state index < -0.39 is 47.1 Å². The van der Waals surface area contributed by atoms with Gasteiger partial charge in [-0.1, -0.05) is 83.9 Å². The lowest BCUT2D eigenvalue weighted by atomic mass is 9.76. The van der Waals surface area contributed by atoms with Crippen molar-refractivity contribution in [1.82, 2.24) is 19.6 Å². The molecule has 5 saturated heterocycles. The summed E-state index contributed by atoms with van der Waals surface area (Å²) in [6.45, 7) is 35.2. The fourth-order valence-corrected chi connectivity index (χ4v) is 13.9. The van der Waals surface area contributed by atoms with Gasteiger partial charge >= 0.3 is 25.3 Å². The number of likely N-dealkylation sites (tertiary alicyclic amines) is 4. The number of anilines is 2. The van der Waals surface area contributed by atoms with Gasteiger partial charge in [-0.2, -0.15) is 0 Å². The van der Waals surface area contributed by atoms with Gasteiger partial charge in [-0.15, -0.1) is 0 Å². The zero-order valence-electron chi connectivity index (χ0n) is 59.2. The van der Waals surface area contributed by atoms with E-state index in [9.17, 15) is 24.0 Å². The summed E-state index contributed by atoms with van der Waals surface area (Å²) < 4.78 is 42.4. The van der Waals surface area contributed by atoms with E-state index in [1.807, 2.05) is 162 Å². The number of benzene rings is 6. The number of esters is 1. The van der Waals surface area contributed by atoms with E-state index in [0.717, 1.165) is 100 Å². The Kier molecular flexibility index (Phi) is 21.3. The molecule has 6 aromatic rings. The second kappa shape index (κ2) is 28.8. The Morgan fingerprint density at radius 3 is 1.50 bits per heavy atom. The quantitative estimate of drug-likeness (QED) is 0.0682. The van der Waals surface area contributed by atoms with Crippen molar-refractivity contribution in [2.45, 2.75) is 157 Å². The van der Waals surface area contributed by atoms with Crippen LogP contribution in [0.2, 0.25) is 10.0 Å². The van der Waals surface area contributed by atoms with Crippen LogP contribution >= 0.6 is 39.1 Å². The Bertz CT molecular complexity index is 3980. The third-order valence-electron chi connectivity index (χ3n) is 19.1. The number of carbonyl (C=O) groups is 5. The standard InChI is InChI=1S/C33H38ClN3O4.C22H29BrClN3O4.C21H27BO4/c1-21-13-23-9-5-6-10-24(23)25(14-21)26-15-29-28(16-27(26)34)37(31(38)30(40-29)20-35-11-7-8-12-35)19-22-17-36(18-22)32(39)41-33(2,3)4;1-22(2,3)31-21(29)26-10-14(11-26)12-27-17-9-16(24)15(23)8-18(17)30-19(20(27)28)13-25-6-4-5-7-25;1-19(2,3)18(23)24-15-12-14-10-8-9-11-16(14)17(13-15)22-25-20(4,5)21(6,7)26-22/h5-6,9-10,13-16,22,30H,7-8,11-12,17-20H2,1-4H3;8-9,14,19H,4-7,10-13H2,1-3H3;8-13H,1-7H3. The second-order valence-electron chi connectivity index (χ2n) is 31.2. The Hall–Kier alpha value is -6.65. The molecule has 7 aliphatic rings. The summed E-state index contributed by atoms with van der Waals surface area (Å²) in [5, 5.41) is 5.39. The van der Waals surface area contributed by atoms with Crippen molar-refractivity contribution >= 4 is 115 Å². The number of hydrogen-bond donors (Lipinski definition) is 0. The first-order chi connectivity index (χ1) is 46.1. The van der Waals surface area contributed by atoms with Crippen LogP contribution in [0, 0.1) is 24.2 Å². The number of aryl methyl sites for hydroxylation is 1. The number of carbonyl (C=O) groups excluding carboxylic acids is 5. The third-order valence-corrected chi connectivity index (χ3v) is 20.6. The van der Waals surface area contributed by atoms with E-state index in [2.05, 4.69) is 56.9 Å². The van der Waals surface area contributed by atoms with Crippen molar-refractivity contribution in [3.8, 4) is 28.4 Å². The Morgan fingerprint density at radius 1 is 0.571 bits per heavy atom. The summed E-state index contributed by atoms with van der Waals surface area (Å²) in [5.41, 5.74) is 2.83. The van der Waals surface area contributed by atoms with Gasteiger partial charge in [0.25, 0.3) is 11.8 Å². The molecule has 2 unspecified atom stereocenters. The van der Waals surface area contributed by atoms with E-state index in [1.54, 1.807) is 20.8 Å². The largest absolute Gasteiger partial charge is 0.495 e. The third kappa shape index (κ3) is 16.7. The van der Waals surface area contributed by atoms with Crippen molar-refractivity contribution in [3.05, 3.63) is 117 Å². The maximum Gasteiger partial charge on any atom is 0.495 e. The van der Waals surface area contributed by atoms with Crippen LogP contribution in [0.3, 0.4) is 0 Å². The molecule has 0 aliphatic carbocycles. The summed E-state index contributed by atoms with van der Waals surface area (Å²) in [5.74, 6) is 1.78. The van der Waals surface area contributed by atoms with Gasteiger partial charge in [0, 0.05) is 74.2 Å². The Morgan fingerprint density at radius 2 is 1.02 bits per heavy atom. The second-order valence-corrected chi connectivity index (χ2v) is 32.8. The van der Waals surface area contributed by atoms with Crippen LogP contribution in [0.5, 0.6) is 17.2 Å². The highest BCUT2D eigenvalue weighted by Gasteiger charge is 2.52. The predicted molar refractivity (Wildman–Crippen MR) is 391 cm³/mol. The van der Waals surface area contributed by atoms with E-state index >= 15 is 0 Å². The molecule has 7 aliphatic heterocycles. The van der Waals surface area contributed by atoms with Gasteiger partial charge in [0.2, 0.25) is 0 Å². The monoisotopic (exact) mass is 1440 g/mol. The topological polar surface area (TPSA) is 169 Å². The van der Waals surface area contributed by atoms with Crippen molar-refractivity contribution in [3.63, 3.8) is 0 Å². The predicted octanol–water partition coefficient (Wildman–Crippen LogP) is 14.8. The molecule has 0 N–H and O–H groups in total.